The van der Waals surface area contributed by atoms with Crippen LogP contribution in [-0.2, 0) is 17.9 Å². The number of hydrogen-bond donors (Lipinski definition) is 2. The Morgan fingerprint density at radius 1 is 1.04 bits per heavy atom. The molecule has 0 heterocycles. The maximum absolute atomic E-state index is 11.9. The smallest absolute Gasteiger partial charge is 0.241 e. The molecule has 0 aromatic heterocycles. The predicted octanol–water partition coefficient (Wildman–Crippen LogP) is 2.03. The molecule has 150 valence electrons. The Morgan fingerprint density at radius 3 is 2.43 bits per heavy atom. The van der Waals surface area contributed by atoms with Crippen molar-refractivity contribution in [1.82, 2.24) is 15.5 Å². The number of ether oxygens (including phenoxy) is 2. The van der Waals surface area contributed by atoms with Crippen LogP contribution in [0.15, 0.2) is 53.5 Å². The van der Waals surface area contributed by atoms with Gasteiger partial charge in [-0.05, 0) is 17.7 Å². The molecule has 0 atom stereocenters. The molecule has 0 radical (unpaired) electrons. The van der Waals surface area contributed by atoms with Crippen LogP contribution in [0.25, 0.3) is 0 Å². The van der Waals surface area contributed by atoms with E-state index in [1.54, 1.807) is 28.3 Å². The first-order valence-electron chi connectivity index (χ1n) is 9.00. The Balaban J connectivity index is 2.09. The van der Waals surface area contributed by atoms with Crippen LogP contribution in [0.2, 0.25) is 0 Å². The highest BCUT2D eigenvalue weighted by molar-refractivity contribution is 5.86. The molecular formula is C21H28N4O3. The van der Waals surface area contributed by atoms with Gasteiger partial charge in [0, 0.05) is 32.3 Å². The van der Waals surface area contributed by atoms with Crippen LogP contribution in [0.3, 0.4) is 0 Å². The first kappa shape index (κ1) is 21.1. The van der Waals surface area contributed by atoms with E-state index in [-0.39, 0.29) is 12.5 Å². The number of amides is 1. The molecule has 2 aromatic rings. The molecule has 0 aliphatic carbocycles. The Bertz CT molecular complexity index is 791. The highest BCUT2D eigenvalue weighted by Crippen LogP contribution is 2.24. The van der Waals surface area contributed by atoms with Crippen LogP contribution < -0.4 is 20.1 Å². The minimum absolute atomic E-state index is 0.0313. The number of methoxy groups -OCH3 is 2. The van der Waals surface area contributed by atoms with Gasteiger partial charge in [-0.2, -0.15) is 0 Å². The van der Waals surface area contributed by atoms with Crippen LogP contribution in [-0.4, -0.2) is 51.6 Å². The standard InChI is InChI=1S/C21H28N4O3/c1-25(2)20(26)15-24-21(22-13-16-8-6-5-7-9-16)23-14-17-10-11-18(27-3)12-19(17)28-4/h5-12H,13-15H2,1-4H3,(H2,22,23,24). The van der Waals surface area contributed by atoms with Gasteiger partial charge in [0.1, 0.15) is 11.5 Å². The fraction of sp³-hybridized carbons (Fsp3) is 0.333. The summed E-state index contributed by atoms with van der Waals surface area (Å²) in [5, 5.41) is 6.34. The minimum atomic E-state index is -0.0313. The summed E-state index contributed by atoms with van der Waals surface area (Å²) in [5.74, 6) is 1.97. The summed E-state index contributed by atoms with van der Waals surface area (Å²) < 4.78 is 10.7. The van der Waals surface area contributed by atoms with Gasteiger partial charge in [0.25, 0.3) is 0 Å². The van der Waals surface area contributed by atoms with Crippen molar-refractivity contribution in [3.8, 4) is 11.5 Å². The Hall–Kier alpha value is -3.22. The fourth-order valence-corrected chi connectivity index (χ4v) is 2.42. The van der Waals surface area contributed by atoms with Gasteiger partial charge in [-0.25, -0.2) is 4.99 Å². The summed E-state index contributed by atoms with van der Waals surface area (Å²) in [4.78, 5) is 18.0. The Labute approximate surface area is 166 Å². The molecule has 0 bridgehead atoms. The van der Waals surface area contributed by atoms with Gasteiger partial charge in [0.2, 0.25) is 5.91 Å². The van der Waals surface area contributed by atoms with E-state index in [0.29, 0.717) is 19.0 Å². The summed E-state index contributed by atoms with van der Waals surface area (Å²) in [5.41, 5.74) is 2.04. The van der Waals surface area contributed by atoms with Gasteiger partial charge in [0.15, 0.2) is 5.96 Å². The highest BCUT2D eigenvalue weighted by Gasteiger charge is 2.09. The molecule has 0 saturated carbocycles. The number of likely N-dealkylation sites (N-methyl/N-ethyl adjacent to an activating group) is 1. The van der Waals surface area contributed by atoms with Crippen LogP contribution >= 0.6 is 0 Å². The topological polar surface area (TPSA) is 75.2 Å². The van der Waals surface area contributed by atoms with Crippen molar-refractivity contribution < 1.29 is 14.3 Å². The lowest BCUT2D eigenvalue weighted by Gasteiger charge is -2.16. The number of hydrogen-bond acceptors (Lipinski definition) is 4. The monoisotopic (exact) mass is 384 g/mol. The van der Waals surface area contributed by atoms with Crippen molar-refractivity contribution in [2.24, 2.45) is 4.99 Å². The third kappa shape index (κ3) is 6.50. The molecule has 0 spiro atoms. The largest absolute Gasteiger partial charge is 0.497 e. The second-order valence-electron chi connectivity index (χ2n) is 6.32. The highest BCUT2D eigenvalue weighted by atomic mass is 16.5. The average molecular weight is 384 g/mol. The molecule has 7 heteroatoms. The fourth-order valence-electron chi connectivity index (χ4n) is 2.42. The molecule has 0 aliphatic heterocycles. The molecule has 0 unspecified atom stereocenters. The van der Waals surface area contributed by atoms with Crippen molar-refractivity contribution in [2.75, 3.05) is 34.9 Å². The molecule has 1 amide bonds. The lowest BCUT2D eigenvalue weighted by Crippen LogP contribution is -2.42. The SMILES string of the molecule is COc1ccc(CNC(=NCc2ccccc2)NCC(=O)N(C)C)c(OC)c1. The second kappa shape index (κ2) is 10.8. The van der Waals surface area contributed by atoms with E-state index in [0.717, 1.165) is 22.6 Å². The first-order valence-corrected chi connectivity index (χ1v) is 9.00. The first-order chi connectivity index (χ1) is 13.5. The molecule has 2 N–H and O–H groups in total. The van der Waals surface area contributed by atoms with Gasteiger partial charge < -0.3 is 25.0 Å². The summed E-state index contributed by atoms with van der Waals surface area (Å²) in [6.07, 6.45) is 0. The van der Waals surface area contributed by atoms with E-state index in [1.165, 1.54) is 4.90 Å². The quantitative estimate of drug-likeness (QED) is 0.538. The number of guanidine groups is 1. The second-order valence-corrected chi connectivity index (χ2v) is 6.32. The molecule has 28 heavy (non-hydrogen) atoms. The molecule has 0 saturated heterocycles. The zero-order chi connectivity index (χ0) is 20.4. The number of nitrogens with zero attached hydrogens (tertiary/aromatic N) is 2. The number of benzene rings is 2. The van der Waals surface area contributed by atoms with Crippen molar-refractivity contribution in [1.29, 1.82) is 0 Å². The normalized spacial score (nSPS) is 10.9. The Morgan fingerprint density at radius 2 is 1.79 bits per heavy atom. The summed E-state index contributed by atoms with van der Waals surface area (Å²) in [6, 6.07) is 15.6. The number of carbonyl (C=O) groups is 1. The summed E-state index contributed by atoms with van der Waals surface area (Å²) in [6.45, 7) is 1.16. The lowest BCUT2D eigenvalue weighted by molar-refractivity contribution is -0.127. The zero-order valence-corrected chi connectivity index (χ0v) is 16.9. The zero-order valence-electron chi connectivity index (χ0n) is 16.9. The van der Waals surface area contributed by atoms with E-state index in [1.807, 2.05) is 48.5 Å². The molecule has 2 rings (SSSR count). The average Bonchev–Trinajstić information content (AvgIpc) is 2.73. The van der Waals surface area contributed by atoms with Gasteiger partial charge in [-0.1, -0.05) is 30.3 Å². The third-order valence-corrected chi connectivity index (χ3v) is 4.11. The van der Waals surface area contributed by atoms with Crippen LogP contribution in [0.5, 0.6) is 11.5 Å². The predicted molar refractivity (Wildman–Crippen MR) is 111 cm³/mol. The number of carbonyl (C=O) groups excluding carboxylic acids is 1. The van der Waals surface area contributed by atoms with E-state index in [2.05, 4.69) is 15.6 Å². The lowest BCUT2D eigenvalue weighted by atomic mass is 10.2. The van der Waals surface area contributed by atoms with Crippen molar-refractivity contribution in [3.63, 3.8) is 0 Å². The van der Waals surface area contributed by atoms with Gasteiger partial charge in [-0.3, -0.25) is 4.79 Å². The number of nitrogens with one attached hydrogen (secondary N) is 2. The maximum Gasteiger partial charge on any atom is 0.241 e. The van der Waals surface area contributed by atoms with Crippen LogP contribution in [0, 0.1) is 0 Å². The van der Waals surface area contributed by atoms with Gasteiger partial charge >= 0.3 is 0 Å². The van der Waals surface area contributed by atoms with Crippen LogP contribution in [0.4, 0.5) is 0 Å². The molecule has 0 fully saturated rings. The van der Waals surface area contributed by atoms with Crippen molar-refractivity contribution in [2.45, 2.75) is 13.1 Å². The van der Waals surface area contributed by atoms with E-state index in [9.17, 15) is 4.79 Å². The summed E-state index contributed by atoms with van der Waals surface area (Å²) >= 11 is 0. The number of aliphatic imine (C=N–C) groups is 1. The minimum Gasteiger partial charge on any atom is -0.497 e. The van der Waals surface area contributed by atoms with E-state index >= 15 is 0 Å². The maximum atomic E-state index is 11.9. The molecule has 0 aliphatic rings. The molecule has 2 aromatic carbocycles. The van der Waals surface area contributed by atoms with Gasteiger partial charge in [-0.15, -0.1) is 0 Å². The van der Waals surface area contributed by atoms with Crippen molar-refractivity contribution in [3.05, 3.63) is 59.7 Å². The van der Waals surface area contributed by atoms with Gasteiger partial charge in [0.05, 0.1) is 27.3 Å². The van der Waals surface area contributed by atoms with Crippen molar-refractivity contribution >= 4 is 11.9 Å². The molecular weight excluding hydrogens is 356 g/mol. The molecule has 7 nitrogen and oxygen atoms in total. The van der Waals surface area contributed by atoms with Crippen LogP contribution in [0.1, 0.15) is 11.1 Å². The van der Waals surface area contributed by atoms with E-state index < -0.39 is 0 Å². The summed E-state index contributed by atoms with van der Waals surface area (Å²) in [7, 11) is 6.68. The van der Waals surface area contributed by atoms with E-state index in [4.69, 9.17) is 9.47 Å². The number of rotatable bonds is 8. The Kier molecular flexibility index (Phi) is 8.14. The third-order valence-electron chi connectivity index (χ3n) is 4.11.